The van der Waals surface area contributed by atoms with Gasteiger partial charge in [0.1, 0.15) is 0 Å². The highest BCUT2D eigenvalue weighted by Gasteiger charge is 2.13. The van der Waals surface area contributed by atoms with Crippen molar-refractivity contribution in [3.05, 3.63) is 0 Å². The lowest BCUT2D eigenvalue weighted by Gasteiger charge is -2.22. The molecule has 0 aromatic heterocycles. The number of nitrogens with zero attached hydrogens (tertiary/aromatic N) is 1. The zero-order valence-corrected chi connectivity index (χ0v) is 7.00. The summed E-state index contributed by atoms with van der Waals surface area (Å²) in [7, 11) is 0. The molecule has 0 bridgehead atoms. The van der Waals surface area contributed by atoms with E-state index in [9.17, 15) is 4.79 Å². The molecule has 0 saturated carbocycles. The van der Waals surface area contributed by atoms with Gasteiger partial charge in [-0.25, -0.2) is 16.5 Å². The minimum atomic E-state index is -0.453. The minimum Gasteiger partial charge on any atom is -0.275 e. The van der Waals surface area contributed by atoms with Crippen LogP contribution in [0.4, 0.5) is 4.79 Å². The van der Waals surface area contributed by atoms with Crippen LogP contribution in [0.15, 0.2) is 0 Å². The van der Waals surface area contributed by atoms with Gasteiger partial charge in [0.2, 0.25) is 0 Å². The molecule has 0 aromatic rings. The average Bonchev–Trinajstić information content (AvgIpc) is 2.02. The molecule has 0 rings (SSSR count). The van der Waals surface area contributed by atoms with E-state index in [1.54, 1.807) is 0 Å². The third-order valence-corrected chi connectivity index (χ3v) is 1.54. The fraction of sp³-hybridized carbons (Fsp3) is 0.833. The predicted molar refractivity (Wildman–Crippen MR) is 43.1 cm³/mol. The first-order valence-electron chi connectivity index (χ1n) is 3.68. The average molecular weight is 160 g/mol. The number of nitrogens with one attached hydrogen (secondary N) is 1. The van der Waals surface area contributed by atoms with Crippen LogP contribution in [0.5, 0.6) is 0 Å². The number of carbonyl (C=O) groups excluding carboxylic acids is 1. The standard InChI is InChI=1S/C6H16N4O/c1-3-4-5(2)10(8)6(11)9-7/h5H,3-4,7-8H2,1-2H3,(H,9,11). The van der Waals surface area contributed by atoms with E-state index >= 15 is 0 Å². The number of nitrogens with two attached hydrogens (primary N) is 2. The van der Waals surface area contributed by atoms with Crippen molar-refractivity contribution in [2.75, 3.05) is 0 Å². The molecule has 11 heavy (non-hydrogen) atoms. The van der Waals surface area contributed by atoms with Crippen LogP contribution in [-0.2, 0) is 0 Å². The molecule has 0 heterocycles. The van der Waals surface area contributed by atoms with Crippen molar-refractivity contribution in [1.82, 2.24) is 10.4 Å². The van der Waals surface area contributed by atoms with Gasteiger partial charge in [-0.2, -0.15) is 0 Å². The molecule has 66 valence electrons. The topological polar surface area (TPSA) is 84.4 Å². The smallest absolute Gasteiger partial charge is 0.275 e. The number of amides is 2. The molecule has 5 N–H and O–H groups in total. The van der Waals surface area contributed by atoms with Crippen LogP contribution < -0.4 is 17.1 Å². The Morgan fingerprint density at radius 1 is 1.73 bits per heavy atom. The highest BCUT2D eigenvalue weighted by atomic mass is 16.2. The summed E-state index contributed by atoms with van der Waals surface area (Å²) in [6.07, 6.45) is 1.87. The van der Waals surface area contributed by atoms with Crippen molar-refractivity contribution >= 4 is 6.03 Å². The Hall–Kier alpha value is -0.810. The minimum absolute atomic E-state index is 0.0311. The van der Waals surface area contributed by atoms with Crippen molar-refractivity contribution in [2.24, 2.45) is 11.7 Å². The van der Waals surface area contributed by atoms with Crippen LogP contribution in [0, 0.1) is 0 Å². The van der Waals surface area contributed by atoms with E-state index in [4.69, 9.17) is 11.7 Å². The number of urea groups is 1. The van der Waals surface area contributed by atoms with E-state index in [0.717, 1.165) is 17.9 Å². The van der Waals surface area contributed by atoms with Gasteiger partial charge >= 0.3 is 6.03 Å². The summed E-state index contributed by atoms with van der Waals surface area (Å²) in [6, 6.07) is -0.422. The summed E-state index contributed by atoms with van der Waals surface area (Å²) >= 11 is 0. The Morgan fingerprint density at radius 3 is 2.64 bits per heavy atom. The maximum atomic E-state index is 10.8. The fourth-order valence-corrected chi connectivity index (χ4v) is 0.832. The van der Waals surface area contributed by atoms with Crippen molar-refractivity contribution in [3.8, 4) is 0 Å². The molecular formula is C6H16N4O. The van der Waals surface area contributed by atoms with Crippen LogP contribution in [0.3, 0.4) is 0 Å². The molecule has 0 saturated heterocycles. The molecule has 0 aromatic carbocycles. The van der Waals surface area contributed by atoms with Gasteiger partial charge in [-0.1, -0.05) is 13.3 Å². The fourth-order valence-electron chi connectivity index (χ4n) is 0.832. The van der Waals surface area contributed by atoms with E-state index in [0.29, 0.717) is 0 Å². The van der Waals surface area contributed by atoms with E-state index < -0.39 is 6.03 Å². The summed E-state index contributed by atoms with van der Waals surface area (Å²) in [5.41, 5.74) is 1.97. The monoisotopic (exact) mass is 160 g/mol. The van der Waals surface area contributed by atoms with E-state index in [1.807, 2.05) is 19.3 Å². The molecule has 0 spiro atoms. The lowest BCUT2D eigenvalue weighted by molar-refractivity contribution is 0.177. The molecule has 5 nitrogen and oxygen atoms in total. The highest BCUT2D eigenvalue weighted by molar-refractivity contribution is 5.72. The predicted octanol–water partition coefficient (Wildman–Crippen LogP) is -0.0660. The summed E-state index contributed by atoms with van der Waals surface area (Å²) in [4.78, 5) is 10.8. The van der Waals surface area contributed by atoms with E-state index in [1.165, 1.54) is 0 Å². The number of carbonyl (C=O) groups is 1. The van der Waals surface area contributed by atoms with E-state index in [2.05, 4.69) is 0 Å². The maximum absolute atomic E-state index is 10.8. The van der Waals surface area contributed by atoms with Gasteiger partial charge < -0.3 is 0 Å². The van der Waals surface area contributed by atoms with Crippen molar-refractivity contribution in [3.63, 3.8) is 0 Å². The van der Waals surface area contributed by atoms with Gasteiger partial charge in [-0.3, -0.25) is 10.4 Å². The second-order valence-corrected chi connectivity index (χ2v) is 2.49. The SMILES string of the molecule is CCCC(C)N(N)C(=O)NN. The Bertz CT molecular complexity index is 128. The Morgan fingerprint density at radius 2 is 2.27 bits per heavy atom. The normalized spacial score (nSPS) is 12.4. The lowest BCUT2D eigenvalue weighted by atomic mass is 10.2. The largest absolute Gasteiger partial charge is 0.345 e. The molecule has 0 radical (unpaired) electrons. The van der Waals surface area contributed by atoms with Crippen molar-refractivity contribution in [1.29, 1.82) is 0 Å². The number of hydrogen-bond donors (Lipinski definition) is 3. The first-order valence-corrected chi connectivity index (χ1v) is 3.68. The van der Waals surface area contributed by atoms with E-state index in [-0.39, 0.29) is 6.04 Å². The first kappa shape index (κ1) is 10.2. The third kappa shape index (κ3) is 3.20. The van der Waals surface area contributed by atoms with Gasteiger partial charge in [0.05, 0.1) is 0 Å². The number of hydrogen-bond acceptors (Lipinski definition) is 3. The second-order valence-electron chi connectivity index (χ2n) is 2.49. The lowest BCUT2D eigenvalue weighted by Crippen LogP contribution is -2.51. The van der Waals surface area contributed by atoms with Gasteiger partial charge in [0.25, 0.3) is 0 Å². The molecule has 1 unspecified atom stereocenters. The van der Waals surface area contributed by atoms with Crippen LogP contribution in [0.25, 0.3) is 0 Å². The first-order chi connectivity index (χ1) is 5.13. The Balaban J connectivity index is 3.80. The van der Waals surface area contributed by atoms with Crippen molar-refractivity contribution in [2.45, 2.75) is 32.7 Å². The Kier molecular flexibility index (Phi) is 4.56. The summed E-state index contributed by atoms with van der Waals surface area (Å²) < 4.78 is 0. The Labute approximate surface area is 66.7 Å². The molecular weight excluding hydrogens is 144 g/mol. The molecule has 1 atom stereocenters. The number of rotatable bonds is 3. The van der Waals surface area contributed by atoms with Gasteiger partial charge in [0, 0.05) is 6.04 Å². The van der Waals surface area contributed by atoms with Gasteiger partial charge in [-0.15, -0.1) is 0 Å². The van der Waals surface area contributed by atoms with Crippen LogP contribution in [0.1, 0.15) is 26.7 Å². The zero-order chi connectivity index (χ0) is 8.85. The zero-order valence-electron chi connectivity index (χ0n) is 7.00. The molecule has 5 heteroatoms. The van der Waals surface area contributed by atoms with Gasteiger partial charge in [-0.05, 0) is 13.3 Å². The summed E-state index contributed by atoms with van der Waals surface area (Å²) in [5, 5.41) is 1.10. The summed E-state index contributed by atoms with van der Waals surface area (Å²) in [5.74, 6) is 10.3. The van der Waals surface area contributed by atoms with Gasteiger partial charge in [0.15, 0.2) is 0 Å². The quantitative estimate of drug-likeness (QED) is 0.307. The maximum Gasteiger partial charge on any atom is 0.345 e. The summed E-state index contributed by atoms with van der Waals surface area (Å²) in [6.45, 7) is 3.91. The van der Waals surface area contributed by atoms with Crippen LogP contribution in [-0.4, -0.2) is 17.1 Å². The van der Waals surface area contributed by atoms with Crippen LogP contribution >= 0.6 is 0 Å². The molecule has 0 aliphatic rings. The second kappa shape index (κ2) is 4.92. The molecule has 0 aliphatic heterocycles. The molecule has 2 amide bonds. The third-order valence-electron chi connectivity index (χ3n) is 1.54. The molecule has 0 aliphatic carbocycles. The van der Waals surface area contributed by atoms with Crippen molar-refractivity contribution < 1.29 is 4.79 Å². The number of hydrazine groups is 2. The van der Waals surface area contributed by atoms with Crippen LogP contribution in [0.2, 0.25) is 0 Å². The molecule has 0 fully saturated rings. The highest BCUT2D eigenvalue weighted by Crippen LogP contribution is 2.00.